The third-order valence-corrected chi connectivity index (χ3v) is 3.14. The maximum atomic E-state index is 14.6. The van der Waals surface area contributed by atoms with Gasteiger partial charge in [0.05, 0.1) is 0 Å². The van der Waals surface area contributed by atoms with Gasteiger partial charge in [-0.25, -0.2) is 4.39 Å². The van der Waals surface area contributed by atoms with Gasteiger partial charge in [-0.3, -0.25) is 0 Å². The minimum atomic E-state index is -1.11. The van der Waals surface area contributed by atoms with E-state index in [1.807, 2.05) is 26.0 Å². The Morgan fingerprint density at radius 2 is 1.56 bits per heavy atom. The van der Waals surface area contributed by atoms with E-state index in [0.717, 1.165) is 29.8 Å². The van der Waals surface area contributed by atoms with Gasteiger partial charge in [0.2, 0.25) is 0 Å². The summed E-state index contributed by atoms with van der Waals surface area (Å²) in [6, 6.07) is 6.06. The highest BCUT2D eigenvalue weighted by molar-refractivity contribution is 5.85. The van der Waals surface area contributed by atoms with Crippen molar-refractivity contribution in [2.45, 2.75) is 32.4 Å². The number of piperidine rings is 1. The normalized spacial score (nSPS) is 18.9. The van der Waals surface area contributed by atoms with Crippen LogP contribution < -0.4 is 5.32 Å². The smallest absolute Gasteiger partial charge is 0.138 e. The number of aryl methyl sites for hydroxylation is 2. The molecular formula is C13H19ClFN. The predicted octanol–water partition coefficient (Wildman–Crippen LogP) is 3.27. The van der Waals surface area contributed by atoms with Crippen LogP contribution in [0.15, 0.2) is 18.2 Å². The molecule has 0 bridgehead atoms. The molecule has 3 heteroatoms. The lowest BCUT2D eigenvalue weighted by Crippen LogP contribution is -2.36. The molecule has 1 aliphatic heterocycles. The van der Waals surface area contributed by atoms with Crippen LogP contribution >= 0.6 is 12.4 Å². The van der Waals surface area contributed by atoms with Crippen LogP contribution in [0.2, 0.25) is 0 Å². The van der Waals surface area contributed by atoms with Gasteiger partial charge in [0.25, 0.3) is 0 Å². The average molecular weight is 244 g/mol. The molecular weight excluding hydrogens is 225 g/mol. The summed E-state index contributed by atoms with van der Waals surface area (Å²) in [4.78, 5) is 0. The molecule has 0 aromatic heterocycles. The largest absolute Gasteiger partial charge is 0.316 e. The van der Waals surface area contributed by atoms with E-state index in [4.69, 9.17) is 0 Å². The summed E-state index contributed by atoms with van der Waals surface area (Å²) in [5.74, 6) is 0. The lowest BCUT2D eigenvalue weighted by atomic mass is 9.85. The fourth-order valence-corrected chi connectivity index (χ4v) is 2.35. The number of hydrogen-bond acceptors (Lipinski definition) is 1. The molecule has 1 N–H and O–H groups in total. The molecule has 1 saturated heterocycles. The van der Waals surface area contributed by atoms with E-state index < -0.39 is 5.67 Å². The minimum absolute atomic E-state index is 0. The molecule has 0 saturated carbocycles. The van der Waals surface area contributed by atoms with Crippen LogP contribution in [0, 0.1) is 13.8 Å². The van der Waals surface area contributed by atoms with Gasteiger partial charge < -0.3 is 5.32 Å². The number of alkyl halides is 1. The quantitative estimate of drug-likeness (QED) is 0.798. The first-order valence-electron chi connectivity index (χ1n) is 5.59. The summed E-state index contributed by atoms with van der Waals surface area (Å²) in [6.45, 7) is 5.62. The molecule has 1 aromatic carbocycles. The van der Waals surface area contributed by atoms with Crippen LogP contribution in [0.5, 0.6) is 0 Å². The summed E-state index contributed by atoms with van der Waals surface area (Å²) in [5.41, 5.74) is 2.06. The average Bonchev–Trinajstić information content (AvgIpc) is 2.17. The molecule has 1 nitrogen and oxygen atoms in total. The zero-order chi connectivity index (χ0) is 10.9. The maximum Gasteiger partial charge on any atom is 0.138 e. The molecule has 16 heavy (non-hydrogen) atoms. The Bertz CT molecular complexity index is 339. The van der Waals surface area contributed by atoms with Crippen molar-refractivity contribution in [3.8, 4) is 0 Å². The van der Waals surface area contributed by atoms with Gasteiger partial charge in [0.1, 0.15) is 5.67 Å². The van der Waals surface area contributed by atoms with E-state index in [0.29, 0.717) is 12.8 Å². The predicted molar refractivity (Wildman–Crippen MR) is 68.1 cm³/mol. The van der Waals surface area contributed by atoms with Gasteiger partial charge in [-0.15, -0.1) is 12.4 Å². The topological polar surface area (TPSA) is 12.0 Å². The second kappa shape index (κ2) is 5.15. The number of halogens is 2. The number of nitrogens with one attached hydrogen (secondary N) is 1. The Balaban J connectivity index is 0.00000128. The van der Waals surface area contributed by atoms with Crippen molar-refractivity contribution >= 4 is 12.4 Å². The van der Waals surface area contributed by atoms with E-state index in [9.17, 15) is 4.39 Å². The van der Waals surface area contributed by atoms with Gasteiger partial charge in [-0.05, 0) is 45.3 Å². The van der Waals surface area contributed by atoms with Gasteiger partial charge in [0, 0.05) is 0 Å². The van der Waals surface area contributed by atoms with E-state index in [2.05, 4.69) is 11.4 Å². The molecule has 1 aromatic rings. The van der Waals surface area contributed by atoms with Crippen LogP contribution in [-0.2, 0) is 5.67 Å². The number of rotatable bonds is 1. The standard InChI is InChI=1S/C13H18FN.ClH/c1-10-7-11(2)9-12(8-10)13(14)3-5-15-6-4-13;/h7-9,15H,3-6H2,1-2H3;1H. The van der Waals surface area contributed by atoms with Crippen molar-refractivity contribution in [1.82, 2.24) is 5.32 Å². The van der Waals surface area contributed by atoms with E-state index in [-0.39, 0.29) is 12.4 Å². The SMILES string of the molecule is Cc1cc(C)cc(C2(F)CCNCC2)c1.Cl. The van der Waals surface area contributed by atoms with Gasteiger partial charge >= 0.3 is 0 Å². The summed E-state index contributed by atoms with van der Waals surface area (Å²) in [7, 11) is 0. The Kier molecular flexibility index (Phi) is 4.34. The number of hydrogen-bond donors (Lipinski definition) is 1. The van der Waals surface area contributed by atoms with Crippen LogP contribution in [0.1, 0.15) is 29.5 Å². The van der Waals surface area contributed by atoms with Gasteiger partial charge in [0.15, 0.2) is 0 Å². The summed E-state index contributed by atoms with van der Waals surface area (Å²) in [5, 5.41) is 3.20. The molecule has 1 aliphatic rings. The molecule has 0 unspecified atom stereocenters. The van der Waals surface area contributed by atoms with Crippen LogP contribution in [-0.4, -0.2) is 13.1 Å². The molecule has 0 radical (unpaired) electrons. The van der Waals surface area contributed by atoms with Crippen molar-refractivity contribution in [1.29, 1.82) is 0 Å². The Morgan fingerprint density at radius 3 is 2.06 bits per heavy atom. The molecule has 2 rings (SSSR count). The molecule has 0 spiro atoms. The first-order chi connectivity index (χ1) is 7.10. The fraction of sp³-hybridized carbons (Fsp3) is 0.538. The molecule has 1 fully saturated rings. The summed E-state index contributed by atoms with van der Waals surface area (Å²) in [6.07, 6.45) is 1.19. The lowest BCUT2D eigenvalue weighted by molar-refractivity contribution is 0.115. The van der Waals surface area contributed by atoms with Crippen LogP contribution in [0.25, 0.3) is 0 Å². The third kappa shape index (κ3) is 2.74. The fourth-order valence-electron chi connectivity index (χ4n) is 2.35. The highest BCUT2D eigenvalue weighted by Gasteiger charge is 2.33. The zero-order valence-electron chi connectivity index (χ0n) is 9.85. The lowest BCUT2D eigenvalue weighted by Gasteiger charge is -2.31. The molecule has 1 heterocycles. The Labute approximate surface area is 103 Å². The Morgan fingerprint density at radius 1 is 1.06 bits per heavy atom. The molecule has 0 atom stereocenters. The van der Waals surface area contributed by atoms with Crippen molar-refractivity contribution in [3.05, 3.63) is 34.9 Å². The van der Waals surface area contributed by atoms with E-state index in [1.54, 1.807) is 0 Å². The second-order valence-electron chi connectivity index (χ2n) is 4.59. The molecule has 0 amide bonds. The van der Waals surface area contributed by atoms with E-state index >= 15 is 0 Å². The van der Waals surface area contributed by atoms with E-state index in [1.165, 1.54) is 0 Å². The van der Waals surface area contributed by atoms with Crippen molar-refractivity contribution < 1.29 is 4.39 Å². The maximum absolute atomic E-state index is 14.6. The first kappa shape index (κ1) is 13.5. The highest BCUT2D eigenvalue weighted by Crippen LogP contribution is 2.35. The molecule has 90 valence electrons. The van der Waals surface area contributed by atoms with Crippen molar-refractivity contribution in [2.75, 3.05) is 13.1 Å². The Hall–Kier alpha value is -0.600. The van der Waals surface area contributed by atoms with Crippen LogP contribution in [0.3, 0.4) is 0 Å². The summed E-state index contributed by atoms with van der Waals surface area (Å²) < 4.78 is 14.6. The van der Waals surface area contributed by atoms with Gasteiger partial charge in [-0.1, -0.05) is 29.3 Å². The second-order valence-corrected chi connectivity index (χ2v) is 4.59. The number of benzene rings is 1. The van der Waals surface area contributed by atoms with Crippen molar-refractivity contribution in [2.24, 2.45) is 0 Å². The molecule has 0 aliphatic carbocycles. The third-order valence-electron chi connectivity index (χ3n) is 3.14. The first-order valence-corrected chi connectivity index (χ1v) is 5.59. The van der Waals surface area contributed by atoms with Crippen LogP contribution in [0.4, 0.5) is 4.39 Å². The van der Waals surface area contributed by atoms with Crippen molar-refractivity contribution in [3.63, 3.8) is 0 Å². The highest BCUT2D eigenvalue weighted by atomic mass is 35.5. The minimum Gasteiger partial charge on any atom is -0.316 e. The zero-order valence-corrected chi connectivity index (χ0v) is 10.7. The monoisotopic (exact) mass is 243 g/mol. The van der Waals surface area contributed by atoms with Gasteiger partial charge in [-0.2, -0.15) is 0 Å². The summed E-state index contributed by atoms with van der Waals surface area (Å²) >= 11 is 0.